The monoisotopic (exact) mass is 225 g/mol. The van der Waals surface area contributed by atoms with E-state index in [0.29, 0.717) is 11.8 Å². The maximum Gasteiger partial charge on any atom is 0.297 e. The molecule has 0 aromatic carbocycles. The quantitative estimate of drug-likeness (QED) is 0.730. The van der Waals surface area contributed by atoms with Gasteiger partial charge in [0.2, 0.25) is 0 Å². The molecule has 0 aromatic heterocycles. The van der Waals surface area contributed by atoms with Crippen molar-refractivity contribution in [3.63, 3.8) is 0 Å². The van der Waals surface area contributed by atoms with Crippen LogP contribution in [-0.4, -0.2) is 14.5 Å². The third-order valence-electron chi connectivity index (χ3n) is 2.72. The van der Waals surface area contributed by atoms with Crippen molar-refractivity contribution in [1.82, 2.24) is 4.72 Å². The zero-order valence-electron chi connectivity index (χ0n) is 7.96. The summed E-state index contributed by atoms with van der Waals surface area (Å²) < 4.78 is 24.0. The van der Waals surface area contributed by atoms with E-state index < -0.39 is 9.24 Å². The van der Waals surface area contributed by atoms with Crippen LogP contribution in [0.1, 0.15) is 33.1 Å². The summed E-state index contributed by atoms with van der Waals surface area (Å²) in [4.78, 5) is 0. The Balaban J connectivity index is 2.52. The molecule has 0 radical (unpaired) electrons. The molecule has 0 spiro atoms. The Labute approximate surface area is 84.4 Å². The van der Waals surface area contributed by atoms with Gasteiger partial charge in [0.15, 0.2) is 0 Å². The predicted octanol–water partition coefficient (Wildman–Crippen LogP) is 1.88. The van der Waals surface area contributed by atoms with Crippen molar-refractivity contribution in [2.45, 2.75) is 39.2 Å². The standard InChI is InChI=1S/C8H16ClNO2S/c1-6-3-4-8(7(2)5-6)10-13(9,11)12/h6-8,10H,3-5H2,1-2H3. The van der Waals surface area contributed by atoms with Gasteiger partial charge in [-0.25, -0.2) is 0 Å². The second kappa shape index (κ2) is 4.15. The highest BCUT2D eigenvalue weighted by molar-refractivity contribution is 8.12. The minimum absolute atomic E-state index is 0.0266. The van der Waals surface area contributed by atoms with Crippen molar-refractivity contribution in [3.8, 4) is 0 Å². The maximum absolute atomic E-state index is 10.8. The Hall–Kier alpha value is 0.200. The van der Waals surface area contributed by atoms with Gasteiger partial charge in [0.05, 0.1) is 0 Å². The molecule has 5 heteroatoms. The van der Waals surface area contributed by atoms with E-state index in [1.807, 2.05) is 0 Å². The van der Waals surface area contributed by atoms with Crippen LogP contribution in [0, 0.1) is 11.8 Å². The van der Waals surface area contributed by atoms with Gasteiger partial charge in [-0.3, -0.25) is 0 Å². The van der Waals surface area contributed by atoms with E-state index in [-0.39, 0.29) is 6.04 Å². The molecule has 1 saturated carbocycles. The Bertz CT molecular complexity index is 265. The molecule has 0 bridgehead atoms. The van der Waals surface area contributed by atoms with Crippen LogP contribution in [0.15, 0.2) is 0 Å². The summed E-state index contributed by atoms with van der Waals surface area (Å²) in [5, 5.41) is 0. The van der Waals surface area contributed by atoms with Crippen LogP contribution in [-0.2, 0) is 9.24 Å². The van der Waals surface area contributed by atoms with E-state index in [1.165, 1.54) is 0 Å². The summed E-state index contributed by atoms with van der Waals surface area (Å²) in [5.41, 5.74) is 0. The molecule has 1 rings (SSSR count). The van der Waals surface area contributed by atoms with E-state index in [2.05, 4.69) is 18.6 Å². The number of rotatable bonds is 2. The van der Waals surface area contributed by atoms with E-state index in [4.69, 9.17) is 10.7 Å². The predicted molar refractivity (Wildman–Crippen MR) is 53.9 cm³/mol. The molecule has 1 aliphatic rings. The molecule has 0 aromatic rings. The lowest BCUT2D eigenvalue weighted by Crippen LogP contribution is -2.40. The molecule has 3 nitrogen and oxygen atoms in total. The highest BCUT2D eigenvalue weighted by Gasteiger charge is 2.27. The molecule has 1 aliphatic carbocycles. The second-order valence-corrected chi connectivity index (χ2v) is 6.39. The van der Waals surface area contributed by atoms with Crippen molar-refractivity contribution in [3.05, 3.63) is 0 Å². The molecule has 3 atom stereocenters. The number of nitrogens with one attached hydrogen (secondary N) is 1. The fourth-order valence-corrected chi connectivity index (χ4v) is 3.08. The highest BCUT2D eigenvalue weighted by atomic mass is 35.7. The highest BCUT2D eigenvalue weighted by Crippen LogP contribution is 2.29. The first-order valence-corrected chi connectivity index (χ1v) is 6.91. The van der Waals surface area contributed by atoms with Crippen LogP contribution in [0.3, 0.4) is 0 Å². The normalized spacial score (nSPS) is 36.1. The van der Waals surface area contributed by atoms with Crippen molar-refractivity contribution in [2.24, 2.45) is 11.8 Å². The van der Waals surface area contributed by atoms with E-state index in [9.17, 15) is 8.42 Å². The van der Waals surface area contributed by atoms with Crippen LogP contribution in [0.4, 0.5) is 0 Å². The Morgan fingerprint density at radius 1 is 1.31 bits per heavy atom. The Kier molecular flexibility index (Phi) is 3.60. The van der Waals surface area contributed by atoms with Gasteiger partial charge in [-0.2, -0.15) is 13.1 Å². The SMILES string of the molecule is CC1CCC(NS(=O)(=O)Cl)C(C)C1. The lowest BCUT2D eigenvalue weighted by molar-refractivity contribution is 0.250. The number of hydrogen-bond acceptors (Lipinski definition) is 2. The maximum atomic E-state index is 10.8. The molecule has 13 heavy (non-hydrogen) atoms. The smallest absolute Gasteiger partial charge is 0.199 e. The van der Waals surface area contributed by atoms with Crippen molar-refractivity contribution < 1.29 is 8.42 Å². The summed E-state index contributed by atoms with van der Waals surface area (Å²) in [6.07, 6.45) is 3.05. The molecule has 1 N–H and O–H groups in total. The Morgan fingerprint density at radius 3 is 2.38 bits per heavy atom. The van der Waals surface area contributed by atoms with Gasteiger partial charge in [-0.05, 0) is 31.1 Å². The van der Waals surface area contributed by atoms with Crippen molar-refractivity contribution in [1.29, 1.82) is 0 Å². The molecule has 0 aliphatic heterocycles. The van der Waals surface area contributed by atoms with Crippen LogP contribution < -0.4 is 4.72 Å². The van der Waals surface area contributed by atoms with E-state index in [1.54, 1.807) is 0 Å². The van der Waals surface area contributed by atoms with Gasteiger partial charge < -0.3 is 0 Å². The van der Waals surface area contributed by atoms with Crippen LogP contribution >= 0.6 is 10.7 Å². The first-order valence-electron chi connectivity index (χ1n) is 4.60. The first kappa shape index (κ1) is 11.3. The molecule has 3 unspecified atom stereocenters. The molecule has 0 heterocycles. The van der Waals surface area contributed by atoms with Crippen LogP contribution in [0.2, 0.25) is 0 Å². The Morgan fingerprint density at radius 2 is 1.92 bits per heavy atom. The summed E-state index contributed by atoms with van der Waals surface area (Å²) in [6, 6.07) is 0.0266. The summed E-state index contributed by atoms with van der Waals surface area (Å²) in [6.45, 7) is 4.26. The van der Waals surface area contributed by atoms with E-state index in [0.717, 1.165) is 19.3 Å². The van der Waals surface area contributed by atoms with Crippen molar-refractivity contribution in [2.75, 3.05) is 0 Å². The van der Waals surface area contributed by atoms with Crippen LogP contribution in [0.5, 0.6) is 0 Å². The number of halogens is 1. The van der Waals surface area contributed by atoms with Gasteiger partial charge in [0.25, 0.3) is 9.24 Å². The molecule has 1 fully saturated rings. The number of hydrogen-bond donors (Lipinski definition) is 1. The fourth-order valence-electron chi connectivity index (χ4n) is 2.02. The lowest BCUT2D eigenvalue weighted by atomic mass is 9.80. The minimum atomic E-state index is -3.55. The molecule has 78 valence electrons. The fraction of sp³-hybridized carbons (Fsp3) is 1.00. The van der Waals surface area contributed by atoms with Gasteiger partial charge in [-0.1, -0.05) is 13.8 Å². The van der Waals surface area contributed by atoms with Gasteiger partial charge in [0.1, 0.15) is 0 Å². The van der Waals surface area contributed by atoms with E-state index >= 15 is 0 Å². The third kappa shape index (κ3) is 3.83. The average molecular weight is 226 g/mol. The summed E-state index contributed by atoms with van der Waals surface area (Å²) in [5.74, 6) is 1.09. The van der Waals surface area contributed by atoms with Gasteiger partial charge >= 0.3 is 0 Å². The molecular formula is C8H16ClNO2S. The first-order chi connectivity index (χ1) is 5.88. The largest absolute Gasteiger partial charge is 0.297 e. The topological polar surface area (TPSA) is 46.2 Å². The summed E-state index contributed by atoms with van der Waals surface area (Å²) in [7, 11) is 1.58. The summed E-state index contributed by atoms with van der Waals surface area (Å²) >= 11 is 0. The average Bonchev–Trinajstić information content (AvgIpc) is 1.93. The van der Waals surface area contributed by atoms with Crippen LogP contribution in [0.25, 0.3) is 0 Å². The third-order valence-corrected chi connectivity index (χ3v) is 3.58. The van der Waals surface area contributed by atoms with Gasteiger partial charge in [-0.15, -0.1) is 0 Å². The second-order valence-electron chi connectivity index (χ2n) is 4.06. The molecular weight excluding hydrogens is 210 g/mol. The minimum Gasteiger partial charge on any atom is -0.199 e. The lowest BCUT2D eigenvalue weighted by Gasteiger charge is -2.32. The van der Waals surface area contributed by atoms with Gasteiger partial charge in [0, 0.05) is 16.7 Å². The zero-order valence-corrected chi connectivity index (χ0v) is 9.53. The molecule has 0 amide bonds. The van der Waals surface area contributed by atoms with Crippen molar-refractivity contribution >= 4 is 19.9 Å². The molecule has 0 saturated heterocycles. The zero-order chi connectivity index (χ0) is 10.1.